The van der Waals surface area contributed by atoms with Crippen molar-refractivity contribution >= 4 is 62.0 Å². The van der Waals surface area contributed by atoms with Crippen LogP contribution < -0.4 is 14.7 Å². The number of rotatable bonds is 12. The first-order chi connectivity index (χ1) is 33.2. The maximum atomic E-state index is 2.38. The van der Waals surface area contributed by atoms with Gasteiger partial charge in [0.1, 0.15) is 0 Å². The van der Waals surface area contributed by atoms with Crippen LogP contribution in [-0.2, 0) is 0 Å². The van der Waals surface area contributed by atoms with Gasteiger partial charge in [-0.2, -0.15) is 0 Å². The number of anilines is 9. The van der Waals surface area contributed by atoms with Crippen molar-refractivity contribution in [3.63, 3.8) is 0 Å². The molecule has 0 unspecified atom stereocenters. The zero-order valence-corrected chi connectivity index (χ0v) is 37.0. The molecule has 318 valence electrons. The lowest BCUT2D eigenvalue weighted by atomic mass is 9.99. The summed E-state index contributed by atoms with van der Waals surface area (Å²) in [5, 5.41) is 2.41. The summed E-state index contributed by atoms with van der Waals surface area (Å²) < 4.78 is 0. The highest BCUT2D eigenvalue weighted by molar-refractivity contribution is 5.99. The largest absolute Gasteiger partial charge is 0.311 e. The molecule has 0 N–H and O–H groups in total. The van der Waals surface area contributed by atoms with Crippen LogP contribution in [0.3, 0.4) is 0 Å². The highest BCUT2D eigenvalue weighted by Gasteiger charge is 2.17. The molecule has 0 fully saturated rings. The van der Waals surface area contributed by atoms with E-state index in [-0.39, 0.29) is 0 Å². The summed E-state index contributed by atoms with van der Waals surface area (Å²) in [5.74, 6) is 0. The highest BCUT2D eigenvalue weighted by atomic mass is 15.2. The number of nitrogens with zero attached hydrogens (tertiary/aromatic N) is 3. The molecule has 67 heavy (non-hydrogen) atoms. The van der Waals surface area contributed by atoms with Gasteiger partial charge in [-0.25, -0.2) is 0 Å². The molecule has 0 aromatic heterocycles. The molecular formula is C64H47N3. The molecule has 0 aliphatic rings. The van der Waals surface area contributed by atoms with Gasteiger partial charge in [0, 0.05) is 50.9 Å². The summed E-state index contributed by atoms with van der Waals surface area (Å²) in [6, 6.07) is 102. The zero-order chi connectivity index (χ0) is 44.8. The molecule has 11 rings (SSSR count). The molecule has 0 spiro atoms. The van der Waals surface area contributed by atoms with Crippen molar-refractivity contribution in [3.8, 4) is 33.4 Å². The van der Waals surface area contributed by atoms with E-state index in [1.165, 1.54) is 38.6 Å². The van der Waals surface area contributed by atoms with Crippen molar-refractivity contribution in [3.05, 3.63) is 285 Å². The van der Waals surface area contributed by atoms with E-state index in [9.17, 15) is 0 Å². The third-order valence-corrected chi connectivity index (χ3v) is 12.5. The average molecular weight is 858 g/mol. The van der Waals surface area contributed by atoms with E-state index in [0.717, 1.165) is 56.7 Å². The fourth-order valence-corrected chi connectivity index (χ4v) is 9.10. The van der Waals surface area contributed by atoms with Gasteiger partial charge in [-0.3, -0.25) is 0 Å². The average Bonchev–Trinajstić information content (AvgIpc) is 3.41. The molecule has 11 aromatic carbocycles. The topological polar surface area (TPSA) is 9.72 Å². The van der Waals surface area contributed by atoms with E-state index in [1.807, 2.05) is 0 Å². The van der Waals surface area contributed by atoms with Crippen LogP contribution in [0, 0.1) is 0 Å². The number of hydrogen-bond acceptors (Lipinski definition) is 3. The molecule has 0 bridgehead atoms. The van der Waals surface area contributed by atoms with E-state index in [0.29, 0.717) is 0 Å². The molecule has 0 aliphatic carbocycles. The Morgan fingerprint density at radius 3 is 0.731 bits per heavy atom. The molecule has 11 aromatic rings. The van der Waals surface area contributed by atoms with Gasteiger partial charge in [-0.1, -0.05) is 182 Å². The molecule has 3 nitrogen and oxygen atoms in total. The van der Waals surface area contributed by atoms with E-state index in [2.05, 4.69) is 300 Å². The highest BCUT2D eigenvalue weighted by Crippen LogP contribution is 2.42. The van der Waals surface area contributed by atoms with Crippen LogP contribution in [0.25, 0.3) is 44.2 Å². The SMILES string of the molecule is c1ccc(N(c2ccccc2)c2ccc(-c3ccc(-c4ccc(N(c5ccc(-c6ccc(N(c7ccccc7)c7ccccc7)cc6)cc5)c5cccc6ccccc56)cc4)cc3)cc2)cc1. The van der Waals surface area contributed by atoms with Crippen LogP contribution in [0.1, 0.15) is 0 Å². The summed E-state index contributed by atoms with van der Waals surface area (Å²) in [5.41, 5.74) is 17.1. The van der Waals surface area contributed by atoms with E-state index in [4.69, 9.17) is 0 Å². The predicted octanol–water partition coefficient (Wildman–Crippen LogP) is 18.3. The Labute approximate surface area is 393 Å². The van der Waals surface area contributed by atoms with Gasteiger partial charge in [-0.05, 0) is 142 Å². The first-order valence-corrected chi connectivity index (χ1v) is 22.8. The summed E-state index contributed by atoms with van der Waals surface area (Å²) in [6.45, 7) is 0. The monoisotopic (exact) mass is 857 g/mol. The maximum absolute atomic E-state index is 2.38. The minimum absolute atomic E-state index is 1.09. The van der Waals surface area contributed by atoms with Crippen LogP contribution >= 0.6 is 0 Å². The van der Waals surface area contributed by atoms with E-state index < -0.39 is 0 Å². The molecule has 0 heterocycles. The molecule has 3 heteroatoms. The van der Waals surface area contributed by atoms with E-state index in [1.54, 1.807) is 0 Å². The molecule has 0 atom stereocenters. The fourth-order valence-electron chi connectivity index (χ4n) is 9.10. The number of benzene rings is 11. The third-order valence-electron chi connectivity index (χ3n) is 12.5. The lowest BCUT2D eigenvalue weighted by Crippen LogP contribution is -2.10. The summed E-state index contributed by atoms with van der Waals surface area (Å²) in [7, 11) is 0. The normalized spacial score (nSPS) is 11.0. The minimum Gasteiger partial charge on any atom is -0.311 e. The van der Waals surface area contributed by atoms with Crippen LogP contribution in [0.4, 0.5) is 51.2 Å². The van der Waals surface area contributed by atoms with Crippen molar-refractivity contribution in [1.82, 2.24) is 0 Å². The van der Waals surface area contributed by atoms with Gasteiger partial charge in [0.15, 0.2) is 0 Å². The van der Waals surface area contributed by atoms with Gasteiger partial charge in [0.25, 0.3) is 0 Å². The Hall–Kier alpha value is -8.92. The van der Waals surface area contributed by atoms with Gasteiger partial charge >= 0.3 is 0 Å². The Kier molecular flexibility index (Phi) is 11.4. The predicted molar refractivity (Wildman–Crippen MR) is 284 cm³/mol. The van der Waals surface area contributed by atoms with Crippen LogP contribution in [0.15, 0.2) is 285 Å². The van der Waals surface area contributed by atoms with Gasteiger partial charge in [-0.15, -0.1) is 0 Å². The van der Waals surface area contributed by atoms with Crippen LogP contribution in [-0.4, -0.2) is 0 Å². The van der Waals surface area contributed by atoms with E-state index >= 15 is 0 Å². The number of fused-ring (bicyclic) bond motifs is 1. The fraction of sp³-hybridized carbons (Fsp3) is 0. The Morgan fingerprint density at radius 1 is 0.164 bits per heavy atom. The second-order valence-corrected chi connectivity index (χ2v) is 16.6. The first kappa shape index (κ1) is 40.8. The Balaban J connectivity index is 0.860. The quantitative estimate of drug-likeness (QED) is 0.121. The third kappa shape index (κ3) is 8.58. The van der Waals surface area contributed by atoms with Crippen LogP contribution in [0.5, 0.6) is 0 Å². The zero-order valence-electron chi connectivity index (χ0n) is 37.0. The lowest BCUT2D eigenvalue weighted by Gasteiger charge is -2.27. The maximum Gasteiger partial charge on any atom is 0.0540 e. The van der Waals surface area contributed by atoms with Crippen molar-refractivity contribution in [2.75, 3.05) is 14.7 Å². The molecule has 0 saturated carbocycles. The number of para-hydroxylation sites is 4. The minimum atomic E-state index is 1.09. The molecule has 0 aliphatic heterocycles. The smallest absolute Gasteiger partial charge is 0.0540 e. The summed E-state index contributed by atoms with van der Waals surface area (Å²) >= 11 is 0. The van der Waals surface area contributed by atoms with Gasteiger partial charge < -0.3 is 14.7 Å². The van der Waals surface area contributed by atoms with Crippen LogP contribution in [0.2, 0.25) is 0 Å². The second-order valence-electron chi connectivity index (χ2n) is 16.6. The summed E-state index contributed by atoms with van der Waals surface area (Å²) in [4.78, 5) is 6.96. The molecule has 0 saturated heterocycles. The van der Waals surface area contributed by atoms with Gasteiger partial charge in [0.05, 0.1) is 5.69 Å². The standard InChI is InChI=1S/C64H47N3/c1-5-18-55(19-6-1)65(56-20-7-2-8-21-56)59-40-32-50(33-41-59)48-28-30-49(31-29-48)51-36-44-61(45-37-51)67(64-27-15-17-54-16-13-14-26-63(54)64)62-46-38-53(39-47-62)52-34-42-60(43-35-52)66(57-22-9-3-10-23-57)58-24-11-4-12-25-58/h1-47H. The summed E-state index contributed by atoms with van der Waals surface area (Å²) in [6.07, 6.45) is 0. The number of hydrogen-bond donors (Lipinski definition) is 0. The molecular weight excluding hydrogens is 811 g/mol. The molecule has 0 amide bonds. The van der Waals surface area contributed by atoms with Gasteiger partial charge in [0.2, 0.25) is 0 Å². The van der Waals surface area contributed by atoms with Crippen molar-refractivity contribution in [2.45, 2.75) is 0 Å². The first-order valence-electron chi connectivity index (χ1n) is 22.8. The van der Waals surface area contributed by atoms with Crippen molar-refractivity contribution < 1.29 is 0 Å². The van der Waals surface area contributed by atoms with Crippen molar-refractivity contribution in [2.24, 2.45) is 0 Å². The Bertz CT molecular complexity index is 3250. The lowest BCUT2D eigenvalue weighted by molar-refractivity contribution is 1.28. The Morgan fingerprint density at radius 2 is 0.403 bits per heavy atom. The van der Waals surface area contributed by atoms with Crippen molar-refractivity contribution in [1.29, 1.82) is 0 Å². The molecule has 0 radical (unpaired) electrons. The second kappa shape index (κ2) is 18.7.